The Labute approximate surface area is 81.8 Å². The first kappa shape index (κ1) is 13.1. The molecule has 4 heteroatoms. The fourth-order valence-electron chi connectivity index (χ4n) is 1.52. The van der Waals surface area contributed by atoms with Crippen molar-refractivity contribution in [1.82, 2.24) is 0 Å². The molecule has 13 heavy (non-hydrogen) atoms. The summed E-state index contributed by atoms with van der Waals surface area (Å²) in [4.78, 5) is 26.9. The predicted octanol–water partition coefficient (Wildman–Crippen LogP) is 1.36. The molecular weight excluding hydrogens is 184 g/mol. The van der Waals surface area contributed by atoms with Gasteiger partial charge in [0.2, 0.25) is 0 Å². The summed E-state index contributed by atoms with van der Waals surface area (Å²) in [6.07, 6.45) is 2.98. The van der Waals surface area contributed by atoms with Gasteiger partial charge in [0.15, 0.2) is 0 Å². The van der Waals surface area contributed by atoms with Crippen molar-refractivity contribution in [2.75, 3.05) is 0 Å². The molecule has 0 aliphatic heterocycles. The molecule has 3 nitrogen and oxygen atoms in total. The molecule has 2 unspecified atom stereocenters. The summed E-state index contributed by atoms with van der Waals surface area (Å²) in [5.41, 5.74) is 0. The van der Waals surface area contributed by atoms with Gasteiger partial charge in [0, 0.05) is 6.04 Å². The molecule has 0 aromatic heterocycles. The molecule has 0 fully saturated rings. The van der Waals surface area contributed by atoms with Gasteiger partial charge < -0.3 is 14.4 Å². The van der Waals surface area contributed by atoms with Gasteiger partial charge in [-0.05, 0) is 18.3 Å². The fourth-order valence-corrected chi connectivity index (χ4v) is 2.75. The lowest BCUT2D eigenvalue weighted by Crippen LogP contribution is -2.37. The van der Waals surface area contributed by atoms with E-state index in [9.17, 15) is 0 Å². The second kappa shape index (κ2) is 5.75. The van der Waals surface area contributed by atoms with E-state index >= 15 is 0 Å². The van der Waals surface area contributed by atoms with Crippen LogP contribution in [-0.2, 0) is 0 Å². The minimum atomic E-state index is -3.82. The van der Waals surface area contributed by atoms with Crippen LogP contribution in [0.4, 0.5) is 0 Å². The van der Waals surface area contributed by atoms with Gasteiger partial charge in [-0.15, -0.1) is 0 Å². The summed E-state index contributed by atoms with van der Waals surface area (Å²) in [6, 6.07) is 0.188. The van der Waals surface area contributed by atoms with Crippen molar-refractivity contribution in [3.63, 3.8) is 0 Å². The number of hydrogen-bond donors (Lipinski definition) is 3. The van der Waals surface area contributed by atoms with Crippen molar-refractivity contribution in [1.29, 1.82) is 0 Å². The summed E-state index contributed by atoms with van der Waals surface area (Å²) < 4.78 is 0. The predicted molar refractivity (Wildman–Crippen MR) is 55.1 cm³/mol. The van der Waals surface area contributed by atoms with Crippen LogP contribution < -0.4 is 0 Å². The van der Waals surface area contributed by atoms with E-state index in [-0.39, 0.29) is 12.0 Å². The maximum Gasteiger partial charge on any atom is 0.493 e. The molecule has 3 N–H and O–H groups in total. The van der Waals surface area contributed by atoms with E-state index in [0.29, 0.717) is 5.92 Å². The Kier molecular flexibility index (Phi) is 5.79. The Balaban J connectivity index is 3.89. The maximum absolute atomic E-state index is 8.95. The van der Waals surface area contributed by atoms with Crippen LogP contribution in [0, 0.1) is 11.8 Å². The first-order valence-corrected chi connectivity index (χ1v) is 7.11. The van der Waals surface area contributed by atoms with Gasteiger partial charge >= 0.3 is 8.80 Å². The second-order valence-corrected chi connectivity index (χ2v) is 5.96. The monoisotopic (exact) mass is 206 g/mol. The maximum atomic E-state index is 8.95. The average Bonchev–Trinajstić information content (AvgIpc) is 2.00. The Morgan fingerprint density at radius 1 is 1.08 bits per heavy atom. The van der Waals surface area contributed by atoms with E-state index in [4.69, 9.17) is 14.4 Å². The van der Waals surface area contributed by atoms with Crippen molar-refractivity contribution < 1.29 is 14.4 Å². The topological polar surface area (TPSA) is 60.7 Å². The second-order valence-electron chi connectivity index (χ2n) is 4.00. The molecule has 0 spiro atoms. The Bertz CT molecular complexity index is 133. The van der Waals surface area contributed by atoms with Gasteiger partial charge in [0.05, 0.1) is 0 Å². The van der Waals surface area contributed by atoms with Crippen LogP contribution >= 0.6 is 0 Å². The van der Waals surface area contributed by atoms with Crippen LogP contribution in [-0.4, -0.2) is 23.2 Å². The Morgan fingerprint density at radius 2 is 1.62 bits per heavy atom. The minimum Gasteiger partial charge on any atom is -0.390 e. The quantitative estimate of drug-likeness (QED) is 0.575. The van der Waals surface area contributed by atoms with Gasteiger partial charge in [0.1, 0.15) is 0 Å². The molecule has 0 rings (SSSR count). The molecule has 0 aromatic carbocycles. The van der Waals surface area contributed by atoms with Crippen LogP contribution in [0.1, 0.15) is 40.0 Å². The zero-order valence-corrected chi connectivity index (χ0v) is 9.82. The molecule has 0 amide bonds. The highest BCUT2D eigenvalue weighted by Crippen LogP contribution is 2.23. The molecule has 0 bridgehead atoms. The zero-order chi connectivity index (χ0) is 10.5. The van der Waals surface area contributed by atoms with Crippen LogP contribution in [0.25, 0.3) is 0 Å². The van der Waals surface area contributed by atoms with Gasteiger partial charge in [0.25, 0.3) is 0 Å². The van der Waals surface area contributed by atoms with E-state index in [1.165, 1.54) is 0 Å². The molecule has 0 saturated carbocycles. The van der Waals surface area contributed by atoms with Gasteiger partial charge in [-0.2, -0.15) is 0 Å². The summed E-state index contributed by atoms with van der Waals surface area (Å²) in [7, 11) is -3.82. The molecule has 0 saturated heterocycles. The van der Waals surface area contributed by atoms with E-state index in [0.717, 1.165) is 19.3 Å². The fraction of sp³-hybridized carbons (Fsp3) is 1.00. The standard InChI is InChI=1S/C9H22O3Si/c1-4-8(3)6-9(5-2)7-13(10,11)12/h8-12H,4-7H2,1-3H3. The minimum absolute atomic E-state index is 0.188. The van der Waals surface area contributed by atoms with Crippen molar-refractivity contribution in [2.45, 2.75) is 46.1 Å². The summed E-state index contributed by atoms with van der Waals surface area (Å²) >= 11 is 0. The smallest absolute Gasteiger partial charge is 0.390 e. The summed E-state index contributed by atoms with van der Waals surface area (Å²) in [6.45, 7) is 6.30. The molecular formula is C9H22O3Si. The van der Waals surface area contributed by atoms with Crippen LogP contribution in [0.5, 0.6) is 0 Å². The lowest BCUT2D eigenvalue weighted by molar-refractivity contribution is 0.211. The van der Waals surface area contributed by atoms with E-state index in [2.05, 4.69) is 13.8 Å². The molecule has 0 aromatic rings. The first-order chi connectivity index (χ1) is 5.89. The summed E-state index contributed by atoms with van der Waals surface area (Å²) in [5, 5.41) is 0. The Hall–Kier alpha value is 0.0969. The molecule has 80 valence electrons. The lowest BCUT2D eigenvalue weighted by Gasteiger charge is -2.21. The van der Waals surface area contributed by atoms with Gasteiger partial charge in [-0.25, -0.2) is 0 Å². The van der Waals surface area contributed by atoms with E-state index in [1.54, 1.807) is 0 Å². The van der Waals surface area contributed by atoms with Crippen LogP contribution in [0.15, 0.2) is 0 Å². The third kappa shape index (κ3) is 7.19. The zero-order valence-electron chi connectivity index (χ0n) is 8.82. The van der Waals surface area contributed by atoms with E-state index in [1.807, 2.05) is 6.92 Å². The highest BCUT2D eigenvalue weighted by Gasteiger charge is 2.30. The van der Waals surface area contributed by atoms with Crippen molar-refractivity contribution in [2.24, 2.45) is 11.8 Å². The number of hydrogen-bond acceptors (Lipinski definition) is 3. The van der Waals surface area contributed by atoms with Gasteiger partial charge in [-0.1, -0.05) is 33.6 Å². The van der Waals surface area contributed by atoms with Crippen LogP contribution in [0.2, 0.25) is 6.04 Å². The third-order valence-electron chi connectivity index (χ3n) is 2.57. The largest absolute Gasteiger partial charge is 0.493 e. The van der Waals surface area contributed by atoms with Crippen LogP contribution in [0.3, 0.4) is 0 Å². The highest BCUT2D eigenvalue weighted by molar-refractivity contribution is 6.56. The molecule has 0 aliphatic rings. The normalized spacial score (nSPS) is 17.1. The van der Waals surface area contributed by atoms with Crippen molar-refractivity contribution in [3.05, 3.63) is 0 Å². The SMILES string of the molecule is CCC(C)CC(CC)C[Si](O)(O)O. The van der Waals surface area contributed by atoms with E-state index < -0.39 is 8.80 Å². The molecule has 0 radical (unpaired) electrons. The molecule has 0 heterocycles. The highest BCUT2D eigenvalue weighted by atomic mass is 28.4. The number of rotatable bonds is 6. The lowest BCUT2D eigenvalue weighted by atomic mass is 9.93. The van der Waals surface area contributed by atoms with Crippen molar-refractivity contribution in [3.8, 4) is 0 Å². The molecule has 0 aliphatic carbocycles. The molecule has 2 atom stereocenters. The first-order valence-electron chi connectivity index (χ1n) is 5.06. The van der Waals surface area contributed by atoms with Crippen molar-refractivity contribution >= 4 is 8.80 Å². The van der Waals surface area contributed by atoms with Gasteiger partial charge in [-0.3, -0.25) is 0 Å². The third-order valence-corrected chi connectivity index (χ3v) is 3.70. The summed E-state index contributed by atoms with van der Waals surface area (Å²) in [5.74, 6) is 0.850. The Morgan fingerprint density at radius 3 is 1.92 bits per heavy atom. The average molecular weight is 206 g/mol.